The molecule has 3 rings (SSSR count). The maximum atomic E-state index is 11.9. The Kier molecular flexibility index (Phi) is 2.59. The minimum atomic E-state index is 0.204. The van der Waals surface area contributed by atoms with Gasteiger partial charge >= 0.3 is 0 Å². The molecule has 0 aliphatic carbocycles. The molecule has 1 aromatic heterocycles. The lowest BCUT2D eigenvalue weighted by atomic mass is 10.1. The molecule has 2 heterocycles. The van der Waals surface area contributed by atoms with E-state index in [2.05, 4.69) is 17.6 Å². The third kappa shape index (κ3) is 1.82. The summed E-state index contributed by atoms with van der Waals surface area (Å²) in [6.45, 7) is 0.786. The number of carbonyl (C=O) groups excluding carboxylic acids is 1. The number of amides is 1. The van der Waals surface area contributed by atoms with Crippen LogP contribution in [-0.2, 0) is 4.79 Å². The highest BCUT2D eigenvalue weighted by Crippen LogP contribution is 2.27. The molecule has 0 radical (unpaired) electrons. The highest BCUT2D eigenvalue weighted by molar-refractivity contribution is 7.80. The first-order chi connectivity index (χ1) is 8.28. The molecule has 17 heavy (non-hydrogen) atoms. The zero-order valence-corrected chi connectivity index (χ0v) is 10.3. The highest BCUT2D eigenvalue weighted by atomic mass is 32.1. The molecule has 4 heteroatoms. The Labute approximate surface area is 105 Å². The van der Waals surface area contributed by atoms with Crippen LogP contribution in [0.4, 0.5) is 5.69 Å². The lowest BCUT2D eigenvalue weighted by molar-refractivity contribution is -0.117. The van der Waals surface area contributed by atoms with E-state index in [-0.39, 0.29) is 5.91 Å². The van der Waals surface area contributed by atoms with Gasteiger partial charge in [-0.1, -0.05) is 6.07 Å². The molecule has 1 atom stereocenters. The third-order valence-electron chi connectivity index (χ3n) is 3.31. The van der Waals surface area contributed by atoms with Crippen molar-refractivity contribution in [1.29, 1.82) is 0 Å². The monoisotopic (exact) mass is 246 g/mol. The maximum absolute atomic E-state index is 11.9. The van der Waals surface area contributed by atoms with Gasteiger partial charge in [0.15, 0.2) is 0 Å². The smallest absolute Gasteiger partial charge is 0.227 e. The first kappa shape index (κ1) is 10.7. The molecule has 1 aromatic carbocycles. The number of benzene rings is 1. The summed E-state index contributed by atoms with van der Waals surface area (Å²) in [5.74, 6) is 1.35. The van der Waals surface area contributed by atoms with Gasteiger partial charge in [0.05, 0.1) is 0 Å². The Morgan fingerprint density at radius 2 is 2.29 bits per heavy atom. The van der Waals surface area contributed by atoms with E-state index in [0.717, 1.165) is 23.5 Å². The second kappa shape index (κ2) is 4.11. The molecule has 88 valence electrons. The number of nitrogens with one attached hydrogen (secondary N) is 1. The number of hydrogen-bond acceptors (Lipinski definition) is 2. The Bertz CT molecular complexity index is 563. The molecule has 1 fully saturated rings. The van der Waals surface area contributed by atoms with Crippen LogP contribution in [0.3, 0.4) is 0 Å². The van der Waals surface area contributed by atoms with Crippen molar-refractivity contribution in [2.24, 2.45) is 5.92 Å². The quantitative estimate of drug-likeness (QED) is 0.785. The van der Waals surface area contributed by atoms with Crippen molar-refractivity contribution in [2.75, 3.05) is 17.2 Å². The van der Waals surface area contributed by atoms with Gasteiger partial charge in [-0.05, 0) is 35.3 Å². The first-order valence-corrected chi connectivity index (χ1v) is 6.39. The molecule has 1 amide bonds. The minimum Gasteiger partial charge on any atom is -0.361 e. The van der Waals surface area contributed by atoms with Crippen molar-refractivity contribution in [3.63, 3.8) is 0 Å². The van der Waals surface area contributed by atoms with Crippen molar-refractivity contribution in [1.82, 2.24) is 4.98 Å². The van der Waals surface area contributed by atoms with Gasteiger partial charge < -0.3 is 9.88 Å². The van der Waals surface area contributed by atoms with Crippen LogP contribution in [0.5, 0.6) is 0 Å². The van der Waals surface area contributed by atoms with Gasteiger partial charge in [0, 0.05) is 30.4 Å². The lowest BCUT2D eigenvalue weighted by Crippen LogP contribution is -2.24. The number of hydrogen-bond donors (Lipinski definition) is 2. The zero-order valence-electron chi connectivity index (χ0n) is 9.39. The minimum absolute atomic E-state index is 0.204. The summed E-state index contributed by atoms with van der Waals surface area (Å²) in [6, 6.07) is 8.12. The maximum Gasteiger partial charge on any atom is 0.227 e. The Balaban J connectivity index is 1.95. The number of nitrogens with zero attached hydrogens (tertiary/aromatic N) is 1. The van der Waals surface area contributed by atoms with Gasteiger partial charge in [-0.2, -0.15) is 12.6 Å². The van der Waals surface area contributed by atoms with Gasteiger partial charge in [0.1, 0.15) is 0 Å². The van der Waals surface area contributed by atoms with Gasteiger partial charge in [0.2, 0.25) is 5.91 Å². The van der Waals surface area contributed by atoms with Crippen molar-refractivity contribution < 1.29 is 4.79 Å². The third-order valence-corrected chi connectivity index (χ3v) is 3.83. The SMILES string of the molecule is O=C1CC(CS)CN1c1ccc2cc[nH]c2c1. The van der Waals surface area contributed by atoms with Crippen LogP contribution in [0.1, 0.15) is 6.42 Å². The first-order valence-electron chi connectivity index (χ1n) is 5.76. The van der Waals surface area contributed by atoms with Gasteiger partial charge in [0.25, 0.3) is 0 Å². The fourth-order valence-electron chi connectivity index (χ4n) is 2.36. The van der Waals surface area contributed by atoms with Gasteiger partial charge in [-0.25, -0.2) is 0 Å². The summed E-state index contributed by atoms with van der Waals surface area (Å²) in [6.07, 6.45) is 2.53. The van der Waals surface area contributed by atoms with Crippen LogP contribution in [0.25, 0.3) is 10.9 Å². The lowest BCUT2D eigenvalue weighted by Gasteiger charge is -2.16. The largest absolute Gasteiger partial charge is 0.361 e. The van der Waals surface area contributed by atoms with Crippen LogP contribution in [-0.4, -0.2) is 23.2 Å². The number of aromatic amines is 1. The van der Waals surface area contributed by atoms with Crippen LogP contribution in [0.2, 0.25) is 0 Å². The summed E-state index contributed by atoms with van der Waals surface area (Å²) in [4.78, 5) is 16.9. The molecular formula is C13H14N2OS. The molecule has 2 aromatic rings. The van der Waals surface area contributed by atoms with Crippen molar-refractivity contribution in [2.45, 2.75) is 6.42 Å². The number of carbonyl (C=O) groups is 1. The number of rotatable bonds is 2. The number of H-pyrrole nitrogens is 1. The van der Waals surface area contributed by atoms with E-state index < -0.39 is 0 Å². The molecule has 1 unspecified atom stereocenters. The van der Waals surface area contributed by atoms with Crippen LogP contribution >= 0.6 is 12.6 Å². The molecule has 1 saturated heterocycles. The highest BCUT2D eigenvalue weighted by Gasteiger charge is 2.29. The second-order valence-electron chi connectivity index (χ2n) is 4.51. The van der Waals surface area contributed by atoms with E-state index >= 15 is 0 Å². The topological polar surface area (TPSA) is 36.1 Å². The summed E-state index contributed by atoms with van der Waals surface area (Å²) < 4.78 is 0. The molecular weight excluding hydrogens is 232 g/mol. The van der Waals surface area contributed by atoms with Gasteiger partial charge in [-0.3, -0.25) is 4.79 Å². The van der Waals surface area contributed by atoms with E-state index in [1.165, 1.54) is 5.39 Å². The van der Waals surface area contributed by atoms with E-state index in [0.29, 0.717) is 12.3 Å². The molecule has 0 spiro atoms. The van der Waals surface area contributed by atoms with Crippen LogP contribution < -0.4 is 4.90 Å². The number of anilines is 1. The van der Waals surface area contributed by atoms with Crippen molar-refractivity contribution >= 4 is 35.1 Å². The molecule has 1 N–H and O–H groups in total. The standard InChI is InChI=1S/C13H14N2OS/c16-13-5-9(8-17)7-15(13)11-2-1-10-3-4-14-12(10)6-11/h1-4,6,9,14,17H,5,7-8H2. The predicted molar refractivity (Wildman–Crippen MR) is 72.6 cm³/mol. The number of aromatic nitrogens is 1. The van der Waals surface area contributed by atoms with E-state index in [1.54, 1.807) is 0 Å². The number of thiol groups is 1. The van der Waals surface area contributed by atoms with Crippen molar-refractivity contribution in [3.05, 3.63) is 30.5 Å². The van der Waals surface area contributed by atoms with Crippen LogP contribution in [0.15, 0.2) is 30.5 Å². The number of fused-ring (bicyclic) bond motifs is 1. The van der Waals surface area contributed by atoms with E-state index in [9.17, 15) is 4.79 Å². The second-order valence-corrected chi connectivity index (χ2v) is 4.87. The normalized spacial score (nSPS) is 20.4. The fourth-order valence-corrected chi connectivity index (χ4v) is 2.60. The van der Waals surface area contributed by atoms with E-state index in [4.69, 9.17) is 0 Å². The van der Waals surface area contributed by atoms with Crippen molar-refractivity contribution in [3.8, 4) is 0 Å². The molecule has 3 nitrogen and oxygen atoms in total. The summed E-state index contributed by atoms with van der Waals surface area (Å²) in [7, 11) is 0. The van der Waals surface area contributed by atoms with E-state index in [1.807, 2.05) is 35.4 Å². The molecule has 1 aliphatic rings. The average Bonchev–Trinajstić information content (AvgIpc) is 2.93. The summed E-state index contributed by atoms with van der Waals surface area (Å²) >= 11 is 4.27. The van der Waals surface area contributed by atoms with Crippen LogP contribution in [0, 0.1) is 5.92 Å². The zero-order chi connectivity index (χ0) is 11.8. The summed E-state index contributed by atoms with van der Waals surface area (Å²) in [5, 5.41) is 1.17. The Morgan fingerprint density at radius 1 is 1.41 bits per heavy atom. The molecule has 0 saturated carbocycles. The van der Waals surface area contributed by atoms with Gasteiger partial charge in [-0.15, -0.1) is 0 Å². The summed E-state index contributed by atoms with van der Waals surface area (Å²) in [5.41, 5.74) is 2.05. The Hall–Kier alpha value is -1.42. The predicted octanol–water partition coefficient (Wildman–Crippen LogP) is 2.45. The average molecular weight is 246 g/mol. The Morgan fingerprint density at radius 3 is 3.06 bits per heavy atom. The fraction of sp³-hybridized carbons (Fsp3) is 0.308. The molecule has 1 aliphatic heterocycles. The molecule has 0 bridgehead atoms.